The van der Waals surface area contributed by atoms with Crippen LogP contribution in [0.1, 0.15) is 68.1 Å². The van der Waals surface area contributed by atoms with Gasteiger partial charge < -0.3 is 10.1 Å². The van der Waals surface area contributed by atoms with Crippen molar-refractivity contribution in [3.05, 3.63) is 48.2 Å². The average Bonchev–Trinajstić information content (AvgIpc) is 3.44. The molecule has 2 saturated carbocycles. The van der Waals surface area contributed by atoms with E-state index in [0.717, 1.165) is 42.6 Å². The van der Waals surface area contributed by atoms with Gasteiger partial charge in [0, 0.05) is 23.2 Å². The van der Waals surface area contributed by atoms with Crippen LogP contribution in [0.25, 0.3) is 16.9 Å². The third-order valence-corrected chi connectivity index (χ3v) is 6.29. The summed E-state index contributed by atoms with van der Waals surface area (Å²) in [4.78, 5) is 17.2. The molecule has 3 aromatic rings. The summed E-state index contributed by atoms with van der Waals surface area (Å²) < 4.78 is 7.95. The molecule has 0 atom stereocenters. The van der Waals surface area contributed by atoms with Gasteiger partial charge in [-0.05, 0) is 56.7 Å². The minimum absolute atomic E-state index is 0.00755. The molecule has 2 aliphatic rings. The first-order valence-electron chi connectivity index (χ1n) is 11.2. The van der Waals surface area contributed by atoms with Gasteiger partial charge in [0.1, 0.15) is 6.10 Å². The molecule has 0 aliphatic heterocycles. The van der Waals surface area contributed by atoms with Crippen molar-refractivity contribution in [1.29, 1.82) is 0 Å². The van der Waals surface area contributed by atoms with Crippen molar-refractivity contribution in [3.8, 4) is 17.1 Å². The zero-order chi connectivity index (χ0) is 20.3. The summed E-state index contributed by atoms with van der Waals surface area (Å²) in [7, 11) is 0. The normalized spacial score (nSPS) is 18.0. The van der Waals surface area contributed by atoms with Crippen LogP contribution in [0.2, 0.25) is 0 Å². The van der Waals surface area contributed by atoms with Crippen LogP contribution in [0, 0.1) is 0 Å². The first-order chi connectivity index (χ1) is 14.8. The Morgan fingerprint density at radius 2 is 1.80 bits per heavy atom. The number of hydrogen-bond donors (Lipinski definition) is 1. The number of ether oxygens (including phenoxy) is 1. The summed E-state index contributed by atoms with van der Waals surface area (Å²) in [6.45, 7) is 0. The van der Waals surface area contributed by atoms with Gasteiger partial charge in [-0.2, -0.15) is 0 Å². The van der Waals surface area contributed by atoms with Gasteiger partial charge in [0.05, 0.1) is 11.9 Å². The summed E-state index contributed by atoms with van der Waals surface area (Å²) in [6, 6.07) is 11.8. The van der Waals surface area contributed by atoms with Gasteiger partial charge in [-0.3, -0.25) is 4.79 Å². The second-order valence-electron chi connectivity index (χ2n) is 8.50. The SMILES string of the molecule is O=C(NC1CCCC1)c1cccc(-c2cnc3ccc(OC4CCCCC4)nn23)c1. The lowest BCUT2D eigenvalue weighted by molar-refractivity contribution is 0.0938. The molecule has 1 N–H and O–H groups in total. The lowest BCUT2D eigenvalue weighted by Crippen LogP contribution is -2.32. The van der Waals surface area contributed by atoms with E-state index in [9.17, 15) is 4.79 Å². The molecule has 156 valence electrons. The maximum Gasteiger partial charge on any atom is 0.251 e. The standard InChI is InChI=1S/C24H28N4O2/c29-24(26-19-9-4-5-10-19)18-8-6-7-17(15-18)21-16-25-22-13-14-23(27-28(21)22)30-20-11-2-1-3-12-20/h6-8,13-16,19-20H,1-5,9-12H2,(H,26,29). The summed E-state index contributed by atoms with van der Waals surface area (Å²) in [6.07, 6.45) is 12.5. The zero-order valence-electron chi connectivity index (χ0n) is 17.2. The Labute approximate surface area is 176 Å². The fourth-order valence-electron chi connectivity index (χ4n) is 4.63. The van der Waals surface area contributed by atoms with Crippen molar-refractivity contribution in [2.75, 3.05) is 0 Å². The van der Waals surface area contributed by atoms with Crippen LogP contribution in [0.3, 0.4) is 0 Å². The Morgan fingerprint density at radius 3 is 2.63 bits per heavy atom. The highest BCUT2D eigenvalue weighted by atomic mass is 16.5. The van der Waals surface area contributed by atoms with Crippen LogP contribution in [-0.2, 0) is 0 Å². The van der Waals surface area contributed by atoms with E-state index < -0.39 is 0 Å². The third-order valence-electron chi connectivity index (χ3n) is 6.29. The number of benzene rings is 1. The fourth-order valence-corrected chi connectivity index (χ4v) is 4.63. The number of nitrogens with zero attached hydrogens (tertiary/aromatic N) is 3. The van der Waals surface area contributed by atoms with Crippen LogP contribution in [0.5, 0.6) is 5.88 Å². The number of carbonyl (C=O) groups excluding carboxylic acids is 1. The molecule has 0 saturated heterocycles. The largest absolute Gasteiger partial charge is 0.473 e. The summed E-state index contributed by atoms with van der Waals surface area (Å²) in [5.74, 6) is 0.621. The number of carbonyl (C=O) groups is 1. The number of aromatic nitrogens is 3. The van der Waals surface area contributed by atoms with E-state index in [1.54, 1.807) is 6.20 Å². The number of rotatable bonds is 5. The van der Waals surface area contributed by atoms with Gasteiger partial charge in [0.2, 0.25) is 5.88 Å². The Bertz CT molecular complexity index is 1030. The maximum absolute atomic E-state index is 12.7. The van der Waals surface area contributed by atoms with Crippen LogP contribution in [-0.4, -0.2) is 32.7 Å². The molecular weight excluding hydrogens is 376 g/mol. The van der Waals surface area contributed by atoms with E-state index in [-0.39, 0.29) is 12.0 Å². The predicted octanol–water partition coefficient (Wildman–Crippen LogP) is 4.78. The van der Waals surface area contributed by atoms with Crippen molar-refractivity contribution in [2.24, 2.45) is 0 Å². The topological polar surface area (TPSA) is 68.5 Å². The third kappa shape index (κ3) is 4.04. The molecule has 1 amide bonds. The van der Waals surface area contributed by atoms with Crippen molar-refractivity contribution in [3.63, 3.8) is 0 Å². The molecule has 5 rings (SSSR count). The van der Waals surface area contributed by atoms with Crippen molar-refractivity contribution < 1.29 is 9.53 Å². The Hall–Kier alpha value is -2.89. The zero-order valence-corrected chi connectivity index (χ0v) is 17.2. The minimum atomic E-state index is -0.00755. The molecule has 0 unspecified atom stereocenters. The molecule has 0 bridgehead atoms. The lowest BCUT2D eigenvalue weighted by Gasteiger charge is -2.22. The van der Waals surface area contributed by atoms with E-state index in [0.29, 0.717) is 17.5 Å². The van der Waals surface area contributed by atoms with Crippen molar-refractivity contribution >= 4 is 11.6 Å². The summed E-state index contributed by atoms with van der Waals surface area (Å²) in [5, 5.41) is 7.86. The molecular formula is C24H28N4O2. The van der Waals surface area contributed by atoms with Gasteiger partial charge in [-0.15, -0.1) is 5.10 Å². The fraction of sp³-hybridized carbons (Fsp3) is 0.458. The van der Waals surface area contributed by atoms with Crippen LogP contribution < -0.4 is 10.1 Å². The van der Waals surface area contributed by atoms with Crippen LogP contribution in [0.4, 0.5) is 0 Å². The summed E-state index contributed by atoms with van der Waals surface area (Å²) >= 11 is 0. The van der Waals surface area contributed by atoms with Gasteiger partial charge in [-0.1, -0.05) is 31.4 Å². The van der Waals surface area contributed by atoms with Crippen LogP contribution in [0.15, 0.2) is 42.6 Å². The number of amides is 1. The maximum atomic E-state index is 12.7. The number of imidazole rings is 1. The number of fused-ring (bicyclic) bond motifs is 1. The second kappa shape index (κ2) is 8.46. The highest BCUT2D eigenvalue weighted by molar-refractivity contribution is 5.95. The first kappa shape index (κ1) is 19.1. The lowest BCUT2D eigenvalue weighted by atomic mass is 9.98. The molecule has 1 aromatic carbocycles. The summed E-state index contributed by atoms with van der Waals surface area (Å²) in [5.41, 5.74) is 3.21. The molecule has 0 radical (unpaired) electrons. The average molecular weight is 405 g/mol. The van der Waals surface area contributed by atoms with Gasteiger partial charge in [0.15, 0.2) is 5.65 Å². The van der Waals surface area contributed by atoms with E-state index in [2.05, 4.69) is 10.3 Å². The molecule has 2 fully saturated rings. The quantitative estimate of drug-likeness (QED) is 0.664. The van der Waals surface area contributed by atoms with Crippen molar-refractivity contribution in [2.45, 2.75) is 69.9 Å². The highest BCUT2D eigenvalue weighted by Crippen LogP contribution is 2.25. The smallest absolute Gasteiger partial charge is 0.251 e. The van der Waals surface area contributed by atoms with E-state index >= 15 is 0 Å². The molecule has 0 spiro atoms. The number of hydrogen-bond acceptors (Lipinski definition) is 4. The van der Waals surface area contributed by atoms with E-state index in [1.807, 2.05) is 40.9 Å². The Morgan fingerprint density at radius 1 is 1.00 bits per heavy atom. The second-order valence-corrected chi connectivity index (χ2v) is 8.50. The van der Waals surface area contributed by atoms with Gasteiger partial charge in [-0.25, -0.2) is 9.50 Å². The monoisotopic (exact) mass is 404 g/mol. The Balaban J connectivity index is 1.39. The van der Waals surface area contributed by atoms with E-state index in [4.69, 9.17) is 9.84 Å². The molecule has 6 nitrogen and oxygen atoms in total. The van der Waals surface area contributed by atoms with E-state index in [1.165, 1.54) is 32.1 Å². The number of nitrogens with one attached hydrogen (secondary N) is 1. The molecule has 6 heteroatoms. The molecule has 2 aliphatic carbocycles. The van der Waals surface area contributed by atoms with Gasteiger partial charge in [0.25, 0.3) is 5.91 Å². The highest BCUT2D eigenvalue weighted by Gasteiger charge is 2.19. The molecule has 2 aromatic heterocycles. The molecule has 30 heavy (non-hydrogen) atoms. The molecule has 2 heterocycles. The van der Waals surface area contributed by atoms with Gasteiger partial charge >= 0.3 is 0 Å². The predicted molar refractivity (Wildman–Crippen MR) is 116 cm³/mol. The first-order valence-corrected chi connectivity index (χ1v) is 11.2. The van der Waals surface area contributed by atoms with Crippen LogP contribution >= 0.6 is 0 Å². The minimum Gasteiger partial charge on any atom is -0.473 e. The Kier molecular flexibility index (Phi) is 5.39. The van der Waals surface area contributed by atoms with Crippen molar-refractivity contribution in [1.82, 2.24) is 19.9 Å².